The highest BCUT2D eigenvalue weighted by atomic mass is 15.1. The van der Waals surface area contributed by atoms with Crippen molar-refractivity contribution < 1.29 is 0 Å². The highest BCUT2D eigenvalue weighted by Gasteiger charge is 2.17. The van der Waals surface area contributed by atoms with Gasteiger partial charge in [-0.3, -0.25) is 0 Å². The van der Waals surface area contributed by atoms with Gasteiger partial charge in [0.05, 0.1) is 0 Å². The smallest absolute Gasteiger partial charge is 0.00417 e. The van der Waals surface area contributed by atoms with Gasteiger partial charge in [-0.2, -0.15) is 0 Å². The molecule has 0 bridgehead atoms. The largest absolute Gasteiger partial charge is 0.330 e. The third-order valence-electron chi connectivity index (χ3n) is 3.14. The van der Waals surface area contributed by atoms with Crippen LogP contribution in [0.4, 0.5) is 0 Å². The molecule has 0 aliphatic carbocycles. The van der Waals surface area contributed by atoms with Gasteiger partial charge in [-0.25, -0.2) is 0 Å². The van der Waals surface area contributed by atoms with Crippen LogP contribution in [0.1, 0.15) is 59.3 Å². The molecule has 0 radical (unpaired) electrons. The van der Waals surface area contributed by atoms with Gasteiger partial charge in [0.1, 0.15) is 0 Å². The highest BCUT2D eigenvalue weighted by molar-refractivity contribution is 4.72. The van der Waals surface area contributed by atoms with Crippen LogP contribution in [0.5, 0.6) is 0 Å². The Kier molecular flexibility index (Phi) is 8.96. The molecule has 0 saturated carbocycles. The van der Waals surface area contributed by atoms with Crippen molar-refractivity contribution in [3.63, 3.8) is 0 Å². The maximum atomic E-state index is 5.74. The Morgan fingerprint density at radius 2 is 1.56 bits per heavy atom. The minimum absolute atomic E-state index is 0.261. The molecular formula is C14H32N2. The molecule has 2 nitrogen and oxygen atoms in total. The van der Waals surface area contributed by atoms with Crippen LogP contribution in [0.3, 0.4) is 0 Å². The summed E-state index contributed by atoms with van der Waals surface area (Å²) in [6.07, 6.45) is 8.27. The van der Waals surface area contributed by atoms with Crippen LogP contribution >= 0.6 is 0 Å². The van der Waals surface area contributed by atoms with Gasteiger partial charge < -0.3 is 10.6 Å². The van der Waals surface area contributed by atoms with Crippen molar-refractivity contribution in [2.45, 2.75) is 59.3 Å². The summed E-state index contributed by atoms with van der Waals surface area (Å²) in [7, 11) is 2.21. The van der Waals surface area contributed by atoms with Gasteiger partial charge in [0.15, 0.2) is 0 Å². The monoisotopic (exact) mass is 228 g/mol. The Bertz CT molecular complexity index is 155. The normalized spacial score (nSPS) is 12.4. The number of hydrogen-bond acceptors (Lipinski definition) is 2. The molecule has 0 saturated heterocycles. The predicted molar refractivity (Wildman–Crippen MR) is 73.7 cm³/mol. The first-order valence-electron chi connectivity index (χ1n) is 6.90. The van der Waals surface area contributed by atoms with Gasteiger partial charge in [0, 0.05) is 6.54 Å². The Morgan fingerprint density at radius 1 is 1.00 bits per heavy atom. The number of unbranched alkanes of at least 4 members (excludes halogenated alkanes) is 5. The van der Waals surface area contributed by atoms with Crippen LogP contribution in [-0.2, 0) is 0 Å². The first-order chi connectivity index (χ1) is 7.52. The zero-order chi connectivity index (χ0) is 12.4. The second kappa shape index (κ2) is 9.00. The van der Waals surface area contributed by atoms with Crippen LogP contribution < -0.4 is 5.73 Å². The Balaban J connectivity index is 3.40. The molecule has 98 valence electrons. The van der Waals surface area contributed by atoms with Crippen molar-refractivity contribution in [3.05, 3.63) is 0 Å². The van der Waals surface area contributed by atoms with Gasteiger partial charge in [-0.15, -0.1) is 0 Å². The van der Waals surface area contributed by atoms with Gasteiger partial charge in [-0.05, 0) is 32.0 Å². The lowest BCUT2D eigenvalue weighted by atomic mass is 9.93. The lowest BCUT2D eigenvalue weighted by Gasteiger charge is -2.28. The fraction of sp³-hybridized carbons (Fsp3) is 1.00. The standard InChI is InChI=1S/C14H32N2/c1-5-6-7-8-9-10-11-16(4)13-14(2,3)12-15/h5-13,15H2,1-4H3. The van der Waals surface area contributed by atoms with Gasteiger partial charge in [0.2, 0.25) is 0 Å². The first kappa shape index (κ1) is 15.9. The Morgan fingerprint density at radius 3 is 2.12 bits per heavy atom. The SMILES string of the molecule is CCCCCCCCN(C)CC(C)(C)CN. The van der Waals surface area contributed by atoms with Crippen molar-refractivity contribution in [3.8, 4) is 0 Å². The molecule has 0 aromatic heterocycles. The average molecular weight is 228 g/mol. The highest BCUT2D eigenvalue weighted by Crippen LogP contribution is 2.14. The van der Waals surface area contributed by atoms with E-state index in [4.69, 9.17) is 5.73 Å². The summed E-state index contributed by atoms with van der Waals surface area (Å²) in [5.74, 6) is 0. The minimum Gasteiger partial charge on any atom is -0.330 e. The molecule has 2 N–H and O–H groups in total. The molecular weight excluding hydrogens is 196 g/mol. The Hall–Kier alpha value is -0.0800. The van der Waals surface area contributed by atoms with Crippen molar-refractivity contribution in [1.29, 1.82) is 0 Å². The third kappa shape index (κ3) is 9.17. The molecule has 0 fully saturated rings. The maximum absolute atomic E-state index is 5.74. The number of hydrogen-bond donors (Lipinski definition) is 1. The van der Waals surface area contributed by atoms with E-state index < -0.39 is 0 Å². The van der Waals surface area contributed by atoms with E-state index in [2.05, 4.69) is 32.7 Å². The summed E-state index contributed by atoms with van der Waals surface area (Å²) in [6.45, 7) is 9.85. The summed E-state index contributed by atoms with van der Waals surface area (Å²) in [5, 5.41) is 0. The Labute approximate surface area is 103 Å². The van der Waals surface area contributed by atoms with Crippen molar-refractivity contribution in [2.75, 3.05) is 26.7 Å². The maximum Gasteiger partial charge on any atom is 0.00417 e. The van der Waals surface area contributed by atoms with E-state index in [9.17, 15) is 0 Å². The van der Waals surface area contributed by atoms with Crippen LogP contribution in [0.2, 0.25) is 0 Å². The molecule has 2 heteroatoms. The fourth-order valence-electron chi connectivity index (χ4n) is 2.04. The van der Waals surface area contributed by atoms with Crippen molar-refractivity contribution in [2.24, 2.45) is 11.1 Å². The molecule has 0 aliphatic heterocycles. The van der Waals surface area contributed by atoms with Crippen molar-refractivity contribution in [1.82, 2.24) is 4.90 Å². The van der Waals surface area contributed by atoms with E-state index in [1.165, 1.54) is 45.1 Å². The quantitative estimate of drug-likeness (QED) is 0.582. The second-order valence-corrected chi connectivity index (χ2v) is 5.87. The van der Waals surface area contributed by atoms with Gasteiger partial charge >= 0.3 is 0 Å². The molecule has 0 atom stereocenters. The molecule has 16 heavy (non-hydrogen) atoms. The zero-order valence-electron chi connectivity index (χ0n) is 11.9. The fourth-order valence-corrected chi connectivity index (χ4v) is 2.04. The molecule has 0 spiro atoms. The zero-order valence-corrected chi connectivity index (χ0v) is 11.9. The first-order valence-corrected chi connectivity index (χ1v) is 6.90. The molecule has 0 amide bonds. The molecule has 0 unspecified atom stereocenters. The minimum atomic E-state index is 0.261. The summed E-state index contributed by atoms with van der Waals surface area (Å²) in [4.78, 5) is 2.42. The topological polar surface area (TPSA) is 29.3 Å². The van der Waals surface area contributed by atoms with E-state index >= 15 is 0 Å². The van der Waals surface area contributed by atoms with Gasteiger partial charge in [0.25, 0.3) is 0 Å². The molecule has 0 aromatic carbocycles. The lowest BCUT2D eigenvalue weighted by Crippen LogP contribution is -2.37. The van der Waals surface area contributed by atoms with Gasteiger partial charge in [-0.1, -0.05) is 52.9 Å². The van der Waals surface area contributed by atoms with Crippen LogP contribution in [0.15, 0.2) is 0 Å². The molecule has 0 aliphatic rings. The van der Waals surface area contributed by atoms with E-state index in [1.807, 2.05) is 0 Å². The van der Waals surface area contributed by atoms with Crippen LogP contribution in [-0.4, -0.2) is 31.6 Å². The molecule has 0 rings (SSSR count). The molecule has 0 heterocycles. The second-order valence-electron chi connectivity index (χ2n) is 5.87. The number of nitrogens with two attached hydrogens (primary N) is 1. The van der Waals surface area contributed by atoms with Crippen LogP contribution in [0.25, 0.3) is 0 Å². The summed E-state index contributed by atoms with van der Waals surface area (Å²) in [6, 6.07) is 0. The third-order valence-corrected chi connectivity index (χ3v) is 3.14. The van der Waals surface area contributed by atoms with E-state index in [1.54, 1.807) is 0 Å². The average Bonchev–Trinajstić information content (AvgIpc) is 2.22. The summed E-state index contributed by atoms with van der Waals surface area (Å²) in [5.41, 5.74) is 6.00. The summed E-state index contributed by atoms with van der Waals surface area (Å²) < 4.78 is 0. The number of rotatable bonds is 10. The lowest BCUT2D eigenvalue weighted by molar-refractivity contribution is 0.212. The van der Waals surface area contributed by atoms with E-state index in [0.29, 0.717) is 0 Å². The summed E-state index contributed by atoms with van der Waals surface area (Å²) >= 11 is 0. The molecule has 0 aromatic rings. The van der Waals surface area contributed by atoms with E-state index in [-0.39, 0.29) is 5.41 Å². The van der Waals surface area contributed by atoms with Crippen molar-refractivity contribution >= 4 is 0 Å². The number of nitrogens with zero attached hydrogens (tertiary/aromatic N) is 1. The predicted octanol–water partition coefficient (Wildman–Crippen LogP) is 3.26. The van der Waals surface area contributed by atoms with Crippen LogP contribution in [0, 0.1) is 5.41 Å². The van der Waals surface area contributed by atoms with E-state index in [0.717, 1.165) is 13.1 Å².